The Bertz CT molecular complexity index is 826. The third-order valence-electron chi connectivity index (χ3n) is 6.03. The van der Waals surface area contributed by atoms with E-state index in [0.717, 1.165) is 43.9 Å². The molecule has 1 atom stereocenters. The van der Waals surface area contributed by atoms with Gasteiger partial charge in [-0.05, 0) is 56.1 Å². The SMILES string of the molecule is CC(C)C(C)c1cccc(C2CCN(C/C(N)=C/NCc3ccc(Cl)cn3)CC2)n1. The number of piperidine rings is 1. The molecule has 3 N–H and O–H groups in total. The van der Waals surface area contributed by atoms with E-state index in [0.29, 0.717) is 29.3 Å². The monoisotopic (exact) mass is 427 g/mol. The van der Waals surface area contributed by atoms with E-state index in [9.17, 15) is 0 Å². The summed E-state index contributed by atoms with van der Waals surface area (Å²) >= 11 is 5.86. The molecule has 0 saturated carbocycles. The van der Waals surface area contributed by atoms with Crippen molar-refractivity contribution in [2.75, 3.05) is 19.6 Å². The van der Waals surface area contributed by atoms with Crippen LogP contribution in [0.2, 0.25) is 5.02 Å². The van der Waals surface area contributed by atoms with Crippen LogP contribution in [0.3, 0.4) is 0 Å². The summed E-state index contributed by atoms with van der Waals surface area (Å²) in [4.78, 5) is 11.7. The molecule has 6 heteroatoms. The van der Waals surface area contributed by atoms with E-state index in [-0.39, 0.29) is 0 Å². The Morgan fingerprint density at radius 3 is 2.67 bits per heavy atom. The van der Waals surface area contributed by atoms with Crippen molar-refractivity contribution in [3.63, 3.8) is 0 Å². The van der Waals surface area contributed by atoms with Gasteiger partial charge in [0.25, 0.3) is 0 Å². The van der Waals surface area contributed by atoms with Gasteiger partial charge in [0.05, 0.1) is 17.3 Å². The molecule has 162 valence electrons. The van der Waals surface area contributed by atoms with Gasteiger partial charge in [-0.15, -0.1) is 0 Å². The zero-order chi connectivity index (χ0) is 21.5. The number of likely N-dealkylation sites (tertiary alicyclic amines) is 1. The zero-order valence-corrected chi connectivity index (χ0v) is 19.1. The fourth-order valence-electron chi connectivity index (χ4n) is 3.78. The Morgan fingerprint density at radius 1 is 1.23 bits per heavy atom. The molecular weight excluding hydrogens is 394 g/mol. The van der Waals surface area contributed by atoms with Crippen molar-refractivity contribution in [3.8, 4) is 0 Å². The normalized spacial score (nSPS) is 17.3. The molecule has 2 aromatic rings. The maximum Gasteiger partial charge on any atom is 0.0595 e. The quantitative estimate of drug-likeness (QED) is 0.641. The maximum atomic E-state index is 6.22. The number of aromatic nitrogens is 2. The number of nitrogens with zero attached hydrogens (tertiary/aromatic N) is 3. The molecule has 3 heterocycles. The number of hydrogen-bond donors (Lipinski definition) is 2. The number of hydrogen-bond acceptors (Lipinski definition) is 5. The Balaban J connectivity index is 1.46. The van der Waals surface area contributed by atoms with Crippen LogP contribution in [-0.4, -0.2) is 34.5 Å². The number of rotatable bonds is 8. The van der Waals surface area contributed by atoms with Crippen molar-refractivity contribution in [3.05, 3.63) is 70.5 Å². The molecule has 0 radical (unpaired) electrons. The molecule has 0 aliphatic carbocycles. The predicted molar refractivity (Wildman–Crippen MR) is 124 cm³/mol. The second-order valence-corrected chi connectivity index (χ2v) is 9.07. The molecular formula is C24H34ClN5. The first-order chi connectivity index (χ1) is 14.4. The highest BCUT2D eigenvalue weighted by Crippen LogP contribution is 2.29. The fourth-order valence-corrected chi connectivity index (χ4v) is 3.89. The van der Waals surface area contributed by atoms with Crippen LogP contribution in [-0.2, 0) is 6.54 Å². The van der Waals surface area contributed by atoms with Crippen LogP contribution in [0.15, 0.2) is 48.4 Å². The molecule has 0 amide bonds. The van der Waals surface area contributed by atoms with E-state index in [1.54, 1.807) is 6.20 Å². The minimum absolute atomic E-state index is 0.491. The van der Waals surface area contributed by atoms with Crippen molar-refractivity contribution in [1.29, 1.82) is 0 Å². The van der Waals surface area contributed by atoms with Gasteiger partial charge in [0.15, 0.2) is 0 Å². The van der Waals surface area contributed by atoms with Gasteiger partial charge in [0.2, 0.25) is 0 Å². The van der Waals surface area contributed by atoms with Crippen LogP contribution in [0, 0.1) is 5.92 Å². The van der Waals surface area contributed by atoms with Crippen molar-refractivity contribution >= 4 is 11.6 Å². The van der Waals surface area contributed by atoms with Gasteiger partial charge < -0.3 is 11.1 Å². The second kappa shape index (κ2) is 10.8. The average molecular weight is 428 g/mol. The first-order valence-electron chi connectivity index (χ1n) is 10.9. The van der Waals surface area contributed by atoms with Crippen LogP contribution in [0.1, 0.15) is 62.5 Å². The molecule has 0 bridgehead atoms. The molecule has 5 nitrogen and oxygen atoms in total. The summed E-state index contributed by atoms with van der Waals surface area (Å²) < 4.78 is 0. The fraction of sp³-hybridized carbons (Fsp3) is 0.500. The highest BCUT2D eigenvalue weighted by molar-refractivity contribution is 6.30. The molecule has 1 unspecified atom stereocenters. The molecule has 1 saturated heterocycles. The van der Waals surface area contributed by atoms with E-state index in [2.05, 4.69) is 54.2 Å². The highest BCUT2D eigenvalue weighted by Gasteiger charge is 2.22. The Labute approximate surface area is 185 Å². The second-order valence-electron chi connectivity index (χ2n) is 8.64. The lowest BCUT2D eigenvalue weighted by Crippen LogP contribution is -2.36. The molecule has 30 heavy (non-hydrogen) atoms. The Hall–Kier alpha value is -2.11. The van der Waals surface area contributed by atoms with Crippen LogP contribution >= 0.6 is 11.6 Å². The van der Waals surface area contributed by atoms with Crippen LogP contribution in [0.4, 0.5) is 0 Å². The summed E-state index contributed by atoms with van der Waals surface area (Å²) in [5, 5.41) is 3.89. The van der Waals surface area contributed by atoms with Gasteiger partial charge in [-0.3, -0.25) is 14.9 Å². The lowest BCUT2D eigenvalue weighted by molar-refractivity contribution is 0.225. The average Bonchev–Trinajstić information content (AvgIpc) is 2.75. The molecule has 0 spiro atoms. The summed E-state index contributed by atoms with van der Waals surface area (Å²) in [7, 11) is 0. The number of nitrogens with two attached hydrogens (primary N) is 1. The van der Waals surface area contributed by atoms with Crippen molar-refractivity contribution in [1.82, 2.24) is 20.2 Å². The summed E-state index contributed by atoms with van der Waals surface area (Å²) in [6.45, 7) is 10.3. The maximum absolute atomic E-state index is 6.22. The van der Waals surface area contributed by atoms with Crippen molar-refractivity contribution in [2.45, 2.75) is 52.0 Å². The van der Waals surface area contributed by atoms with E-state index in [4.69, 9.17) is 22.3 Å². The molecule has 3 rings (SSSR count). The third kappa shape index (κ3) is 6.44. The van der Waals surface area contributed by atoms with Crippen LogP contribution in [0.5, 0.6) is 0 Å². The Kier molecular flexibility index (Phi) is 8.11. The molecule has 0 aromatic carbocycles. The number of halogens is 1. The topological polar surface area (TPSA) is 67.1 Å². The summed E-state index contributed by atoms with van der Waals surface area (Å²) in [5.41, 5.74) is 10.5. The van der Waals surface area contributed by atoms with E-state index in [1.807, 2.05) is 18.3 Å². The molecule has 1 fully saturated rings. The largest absolute Gasteiger partial charge is 0.400 e. The van der Waals surface area contributed by atoms with Crippen LogP contribution < -0.4 is 11.1 Å². The van der Waals surface area contributed by atoms with Crippen molar-refractivity contribution < 1.29 is 0 Å². The van der Waals surface area contributed by atoms with E-state index < -0.39 is 0 Å². The third-order valence-corrected chi connectivity index (χ3v) is 6.25. The first-order valence-corrected chi connectivity index (χ1v) is 11.3. The minimum atomic E-state index is 0.491. The lowest BCUT2D eigenvalue weighted by atomic mass is 9.90. The summed E-state index contributed by atoms with van der Waals surface area (Å²) in [5.74, 6) is 1.64. The summed E-state index contributed by atoms with van der Waals surface area (Å²) in [6.07, 6.45) is 5.80. The smallest absolute Gasteiger partial charge is 0.0595 e. The van der Waals surface area contributed by atoms with Gasteiger partial charge in [-0.25, -0.2) is 0 Å². The standard InChI is InChI=1S/C24H34ClN5/c1-17(2)18(3)23-5-4-6-24(29-23)19-9-11-30(12-10-19)16-21(26)14-27-15-22-8-7-20(25)13-28-22/h4-8,13-14,17-19,27H,9-12,15-16,26H2,1-3H3/b21-14-. The molecule has 1 aliphatic rings. The predicted octanol–water partition coefficient (Wildman–Crippen LogP) is 4.66. The first kappa shape index (κ1) is 22.6. The highest BCUT2D eigenvalue weighted by atomic mass is 35.5. The van der Waals surface area contributed by atoms with Gasteiger partial charge in [0, 0.05) is 47.9 Å². The lowest BCUT2D eigenvalue weighted by Gasteiger charge is -2.32. The van der Waals surface area contributed by atoms with Gasteiger partial charge >= 0.3 is 0 Å². The number of pyridine rings is 2. The summed E-state index contributed by atoms with van der Waals surface area (Å²) in [6, 6.07) is 10.3. The zero-order valence-electron chi connectivity index (χ0n) is 18.3. The minimum Gasteiger partial charge on any atom is -0.400 e. The molecule has 2 aromatic heterocycles. The van der Waals surface area contributed by atoms with Crippen molar-refractivity contribution in [2.24, 2.45) is 11.7 Å². The van der Waals surface area contributed by atoms with Crippen LogP contribution in [0.25, 0.3) is 0 Å². The molecule has 1 aliphatic heterocycles. The Morgan fingerprint density at radius 2 is 2.00 bits per heavy atom. The van der Waals surface area contributed by atoms with E-state index >= 15 is 0 Å². The van der Waals surface area contributed by atoms with E-state index in [1.165, 1.54) is 11.4 Å². The van der Waals surface area contributed by atoms with Gasteiger partial charge in [-0.1, -0.05) is 38.4 Å². The number of nitrogens with one attached hydrogen (secondary N) is 1. The van der Waals surface area contributed by atoms with Gasteiger partial charge in [0.1, 0.15) is 0 Å². The van der Waals surface area contributed by atoms with Gasteiger partial charge in [-0.2, -0.15) is 0 Å².